The molecule has 0 spiro atoms. The number of nitrogens with one attached hydrogen (secondary N) is 2. The molecule has 0 aromatic heterocycles. The summed E-state index contributed by atoms with van der Waals surface area (Å²) >= 11 is 1.50. The van der Waals surface area contributed by atoms with Crippen molar-refractivity contribution in [3.8, 4) is 0 Å². The van der Waals surface area contributed by atoms with Gasteiger partial charge >= 0.3 is 6.03 Å². The molecule has 22 heavy (non-hydrogen) atoms. The zero-order valence-corrected chi connectivity index (χ0v) is 12.9. The van der Waals surface area contributed by atoms with Crippen LogP contribution in [-0.4, -0.2) is 17.2 Å². The zero-order valence-electron chi connectivity index (χ0n) is 12.1. The average Bonchev–Trinajstić information content (AvgIpc) is 2.49. The fraction of sp³-hybridized carbons (Fsp3) is 0.125. The number of hydrogen-bond acceptors (Lipinski definition) is 3. The number of hydrogen-bond donors (Lipinski definition) is 3. The number of carbonyl (C=O) groups excluding carboxylic acids is 2. The molecular weight excluding hydrogens is 298 g/mol. The molecule has 1 atom stereocenters. The molecule has 0 aliphatic rings. The van der Waals surface area contributed by atoms with Gasteiger partial charge in [0, 0.05) is 16.3 Å². The number of amides is 3. The third-order valence-electron chi connectivity index (χ3n) is 2.85. The van der Waals surface area contributed by atoms with Crippen LogP contribution in [0, 0.1) is 0 Å². The maximum atomic E-state index is 12.2. The second-order valence-electron chi connectivity index (χ2n) is 4.63. The lowest BCUT2D eigenvalue weighted by atomic mass is 10.2. The Balaban J connectivity index is 1.92. The monoisotopic (exact) mass is 315 g/mol. The van der Waals surface area contributed by atoms with Gasteiger partial charge in [0.2, 0.25) is 5.91 Å². The first-order valence-electron chi connectivity index (χ1n) is 6.73. The van der Waals surface area contributed by atoms with Crippen LogP contribution in [0.2, 0.25) is 0 Å². The molecule has 1 unspecified atom stereocenters. The van der Waals surface area contributed by atoms with Crippen LogP contribution < -0.4 is 16.4 Å². The first-order chi connectivity index (χ1) is 10.5. The van der Waals surface area contributed by atoms with Gasteiger partial charge in [-0.25, -0.2) is 4.79 Å². The molecule has 5 nitrogen and oxygen atoms in total. The SMILES string of the molecule is CC(Sc1ccccc1)C(=O)Nc1ccc(NC(N)=O)cc1. The predicted molar refractivity (Wildman–Crippen MR) is 90.0 cm³/mol. The van der Waals surface area contributed by atoms with E-state index in [9.17, 15) is 9.59 Å². The van der Waals surface area contributed by atoms with E-state index in [1.54, 1.807) is 24.3 Å². The van der Waals surface area contributed by atoms with E-state index in [2.05, 4.69) is 10.6 Å². The van der Waals surface area contributed by atoms with E-state index in [1.807, 2.05) is 37.3 Å². The highest BCUT2D eigenvalue weighted by molar-refractivity contribution is 8.00. The van der Waals surface area contributed by atoms with E-state index in [4.69, 9.17) is 5.73 Å². The number of urea groups is 1. The molecular formula is C16H17N3O2S. The second-order valence-corrected chi connectivity index (χ2v) is 6.04. The highest BCUT2D eigenvalue weighted by Crippen LogP contribution is 2.24. The van der Waals surface area contributed by atoms with Crippen molar-refractivity contribution in [2.24, 2.45) is 5.73 Å². The van der Waals surface area contributed by atoms with Gasteiger partial charge in [0.25, 0.3) is 0 Å². The Morgan fingerprint density at radius 3 is 2.05 bits per heavy atom. The molecule has 114 valence electrons. The summed E-state index contributed by atoms with van der Waals surface area (Å²) in [6.45, 7) is 1.86. The van der Waals surface area contributed by atoms with Gasteiger partial charge in [-0.15, -0.1) is 11.8 Å². The molecule has 0 radical (unpaired) electrons. The molecule has 2 aromatic carbocycles. The summed E-state index contributed by atoms with van der Waals surface area (Å²) in [5, 5.41) is 5.08. The van der Waals surface area contributed by atoms with Crippen molar-refractivity contribution in [1.29, 1.82) is 0 Å². The van der Waals surface area contributed by atoms with Gasteiger partial charge in [0.1, 0.15) is 0 Å². The number of carbonyl (C=O) groups is 2. The van der Waals surface area contributed by atoms with Crippen molar-refractivity contribution >= 4 is 35.1 Å². The quantitative estimate of drug-likeness (QED) is 0.740. The van der Waals surface area contributed by atoms with Gasteiger partial charge in [0.15, 0.2) is 0 Å². The highest BCUT2D eigenvalue weighted by Gasteiger charge is 2.14. The number of benzene rings is 2. The Morgan fingerprint density at radius 2 is 1.50 bits per heavy atom. The molecule has 0 bridgehead atoms. The van der Waals surface area contributed by atoms with E-state index >= 15 is 0 Å². The minimum absolute atomic E-state index is 0.0792. The van der Waals surface area contributed by atoms with Gasteiger partial charge in [0.05, 0.1) is 5.25 Å². The van der Waals surface area contributed by atoms with Crippen molar-refractivity contribution in [1.82, 2.24) is 0 Å². The molecule has 0 aliphatic heterocycles. The average molecular weight is 315 g/mol. The fourth-order valence-corrected chi connectivity index (χ4v) is 2.67. The summed E-state index contributed by atoms with van der Waals surface area (Å²) in [5.41, 5.74) is 6.28. The van der Waals surface area contributed by atoms with E-state index in [0.717, 1.165) is 4.90 Å². The summed E-state index contributed by atoms with van der Waals surface area (Å²) in [5.74, 6) is -0.0792. The Kier molecular flexibility index (Phi) is 5.43. The van der Waals surface area contributed by atoms with Gasteiger partial charge in [-0.2, -0.15) is 0 Å². The van der Waals surface area contributed by atoms with Crippen LogP contribution in [0.3, 0.4) is 0 Å². The largest absolute Gasteiger partial charge is 0.351 e. The normalized spacial score (nSPS) is 11.5. The van der Waals surface area contributed by atoms with E-state index < -0.39 is 6.03 Å². The highest BCUT2D eigenvalue weighted by atomic mass is 32.2. The second kappa shape index (κ2) is 7.51. The molecule has 6 heteroatoms. The van der Waals surface area contributed by atoms with E-state index in [0.29, 0.717) is 11.4 Å². The third-order valence-corrected chi connectivity index (χ3v) is 3.96. The number of rotatable bonds is 5. The first kappa shape index (κ1) is 15.9. The topological polar surface area (TPSA) is 84.2 Å². The number of nitrogens with two attached hydrogens (primary N) is 1. The van der Waals surface area contributed by atoms with Crippen molar-refractivity contribution in [2.75, 3.05) is 10.6 Å². The third kappa shape index (κ3) is 4.82. The number of thioether (sulfide) groups is 1. The van der Waals surface area contributed by atoms with Crippen LogP contribution >= 0.6 is 11.8 Å². The molecule has 4 N–H and O–H groups in total. The van der Waals surface area contributed by atoms with E-state index in [-0.39, 0.29) is 11.2 Å². The summed E-state index contributed by atoms with van der Waals surface area (Å²) in [7, 11) is 0. The number of anilines is 2. The summed E-state index contributed by atoms with van der Waals surface area (Å²) in [4.78, 5) is 23.9. The lowest BCUT2D eigenvalue weighted by molar-refractivity contribution is -0.115. The zero-order chi connectivity index (χ0) is 15.9. The number of primary amides is 1. The molecule has 0 saturated heterocycles. The minimum atomic E-state index is -0.621. The van der Waals surface area contributed by atoms with Crippen LogP contribution in [0.15, 0.2) is 59.5 Å². The van der Waals surface area contributed by atoms with E-state index in [1.165, 1.54) is 11.8 Å². The molecule has 0 aliphatic carbocycles. The lowest BCUT2D eigenvalue weighted by Gasteiger charge is -2.12. The van der Waals surface area contributed by atoms with Crippen LogP contribution in [0.25, 0.3) is 0 Å². The van der Waals surface area contributed by atoms with Crippen LogP contribution in [-0.2, 0) is 4.79 Å². The Morgan fingerprint density at radius 1 is 0.955 bits per heavy atom. The standard InChI is InChI=1S/C16H17N3O2S/c1-11(22-14-5-3-2-4-6-14)15(20)18-12-7-9-13(10-8-12)19-16(17)21/h2-11H,1H3,(H,18,20)(H3,17,19,21). The maximum Gasteiger partial charge on any atom is 0.316 e. The molecule has 0 saturated carbocycles. The Labute approximate surface area is 133 Å². The fourth-order valence-electron chi connectivity index (χ4n) is 1.78. The maximum absolute atomic E-state index is 12.2. The first-order valence-corrected chi connectivity index (χ1v) is 7.61. The van der Waals surface area contributed by atoms with Crippen LogP contribution in [0.4, 0.5) is 16.2 Å². The molecule has 3 amide bonds. The van der Waals surface area contributed by atoms with Crippen LogP contribution in [0.1, 0.15) is 6.92 Å². The van der Waals surface area contributed by atoms with Crippen LogP contribution in [0.5, 0.6) is 0 Å². The summed E-state index contributed by atoms with van der Waals surface area (Å²) < 4.78 is 0. The van der Waals surface area contributed by atoms with Crippen molar-refractivity contribution in [2.45, 2.75) is 17.1 Å². The van der Waals surface area contributed by atoms with Gasteiger partial charge < -0.3 is 16.4 Å². The Bertz CT molecular complexity index is 644. The lowest BCUT2D eigenvalue weighted by Crippen LogP contribution is -2.22. The predicted octanol–water partition coefficient (Wildman–Crippen LogP) is 3.30. The molecule has 0 fully saturated rings. The summed E-state index contributed by atoms with van der Waals surface area (Å²) in [6, 6.07) is 15.9. The summed E-state index contributed by atoms with van der Waals surface area (Å²) in [6.07, 6.45) is 0. The molecule has 0 heterocycles. The van der Waals surface area contributed by atoms with Gasteiger partial charge in [-0.05, 0) is 43.3 Å². The molecule has 2 aromatic rings. The van der Waals surface area contributed by atoms with Crippen molar-refractivity contribution in [3.63, 3.8) is 0 Å². The molecule has 2 rings (SSSR count). The van der Waals surface area contributed by atoms with Gasteiger partial charge in [-0.1, -0.05) is 18.2 Å². The Hall–Kier alpha value is -2.47. The van der Waals surface area contributed by atoms with Crippen molar-refractivity contribution < 1.29 is 9.59 Å². The van der Waals surface area contributed by atoms with Gasteiger partial charge in [-0.3, -0.25) is 4.79 Å². The minimum Gasteiger partial charge on any atom is -0.351 e. The smallest absolute Gasteiger partial charge is 0.316 e. The van der Waals surface area contributed by atoms with Crippen molar-refractivity contribution in [3.05, 3.63) is 54.6 Å².